The first-order chi connectivity index (χ1) is 22.1. The minimum atomic E-state index is -3.76. The predicted octanol–water partition coefficient (Wildman–Crippen LogP) is -0.0131. The van der Waals surface area contributed by atoms with E-state index < -0.39 is 80.5 Å². The van der Waals surface area contributed by atoms with Crippen molar-refractivity contribution in [1.82, 2.24) is 25.2 Å². The Morgan fingerprint density at radius 1 is 1.10 bits per heavy atom. The second-order valence-electron chi connectivity index (χ2n) is 14.4. The number of thioether (sulfide) groups is 1. The third-order valence-corrected chi connectivity index (χ3v) is 16.0. The summed E-state index contributed by atoms with van der Waals surface area (Å²) in [5.74, 6) is -5.55. The molecule has 3 unspecified atom stereocenters. The molecule has 4 fully saturated rings. The Morgan fingerprint density at radius 2 is 1.73 bits per heavy atom. The normalized spacial score (nSPS) is 31.7. The number of benzene rings is 1. The molecular weight excluding hydrogens is 681 g/mol. The highest BCUT2D eigenvalue weighted by Crippen LogP contribution is 2.54. The van der Waals surface area contributed by atoms with Gasteiger partial charge in [0, 0.05) is 23.3 Å². The second kappa shape index (κ2) is 12.1. The van der Waals surface area contributed by atoms with Crippen molar-refractivity contribution in [3.63, 3.8) is 0 Å². The number of carboxylic acid groups (broad SMARTS) is 2. The van der Waals surface area contributed by atoms with Crippen LogP contribution < -0.4 is 16.4 Å². The Morgan fingerprint density at radius 3 is 2.25 bits per heavy atom. The molecule has 1 aromatic heterocycles. The van der Waals surface area contributed by atoms with Gasteiger partial charge >= 0.3 is 11.9 Å². The Labute approximate surface area is 282 Å². The summed E-state index contributed by atoms with van der Waals surface area (Å²) in [5, 5.41) is 29.3. The maximum Gasteiger partial charge on any atom is 0.327 e. The van der Waals surface area contributed by atoms with Gasteiger partial charge in [-0.3, -0.25) is 23.9 Å². The number of hydrogen-bond acceptors (Lipinski definition) is 11. The molecule has 5 N–H and O–H groups in total. The van der Waals surface area contributed by atoms with E-state index in [2.05, 4.69) is 35.3 Å². The summed E-state index contributed by atoms with van der Waals surface area (Å²) in [6, 6.07) is 6.38. The molecule has 0 radical (unpaired) electrons. The summed E-state index contributed by atoms with van der Waals surface area (Å²) in [5.41, 5.74) is 6.59. The van der Waals surface area contributed by atoms with E-state index in [1.54, 1.807) is 44.3 Å². The van der Waals surface area contributed by atoms with Crippen LogP contribution in [0.5, 0.6) is 0 Å². The van der Waals surface area contributed by atoms with Crippen LogP contribution in [-0.4, -0.2) is 108 Å². The highest BCUT2D eigenvalue weighted by atomic mass is 32.2. The van der Waals surface area contributed by atoms with E-state index >= 15 is 0 Å². The fraction of sp³-hybridized carbons (Fsp3) is 0.567. The van der Waals surface area contributed by atoms with Crippen molar-refractivity contribution in [2.45, 2.75) is 91.6 Å². The number of carbonyl (C=O) groups excluding carboxylic acids is 3. The number of nitrogens with one attached hydrogen (secondary N) is 1. The van der Waals surface area contributed by atoms with Crippen LogP contribution >= 0.6 is 11.8 Å². The molecule has 4 heterocycles. The van der Waals surface area contributed by atoms with Crippen LogP contribution in [0.2, 0.25) is 19.6 Å². The third-order valence-electron chi connectivity index (χ3n) is 9.70. The summed E-state index contributed by atoms with van der Waals surface area (Å²) in [7, 11) is -5.47. The number of aliphatic carboxylic acids is 2. The molecule has 260 valence electrons. The number of nitrogens with two attached hydrogens (primary N) is 1. The van der Waals surface area contributed by atoms with Crippen molar-refractivity contribution in [2.24, 2.45) is 17.6 Å². The van der Waals surface area contributed by atoms with Gasteiger partial charge in [-0.15, -0.1) is 16.9 Å². The topological polar surface area (TPSA) is 232 Å². The van der Waals surface area contributed by atoms with Crippen LogP contribution in [0.3, 0.4) is 0 Å². The molecule has 8 atom stereocenters. The zero-order valence-electron chi connectivity index (χ0n) is 27.4. The van der Waals surface area contributed by atoms with Crippen LogP contribution in [-0.2, 0) is 40.4 Å². The first kappa shape index (κ1) is 35.7. The number of fused-ring (bicyclic) bond motifs is 2. The van der Waals surface area contributed by atoms with Gasteiger partial charge in [0.05, 0.1) is 23.0 Å². The number of carboxylic acids is 2. The van der Waals surface area contributed by atoms with Crippen LogP contribution in [0.15, 0.2) is 36.5 Å². The van der Waals surface area contributed by atoms with Crippen molar-refractivity contribution in [1.29, 1.82) is 0 Å². The molecule has 0 bridgehead atoms. The standard InChI is InChI=1S/C16H19N3O4S.C14H21N3O5SSi/c1-16(2)11(15(22)23)19-13(21)10(14(19)24-16)18-12(20)9(17)8-6-4-3-5-7-8;1-14(7-17-6-10(15-16-17)24(2,3)4)12(13(19)20)11-8(18)5-9(11)23(14,21)22/h3-7,9-11,14H,17H2,1-2H3,(H,18,20)(H,22,23);6,9,11-12H,5,7H2,1-4H3,(H,19,20)/t9?,10-,11+,14-;9?,11?,12-,14-/m10/s1. The summed E-state index contributed by atoms with van der Waals surface area (Å²) >= 11 is 1.38. The molecule has 3 saturated heterocycles. The van der Waals surface area contributed by atoms with Gasteiger partial charge in [-0.1, -0.05) is 55.2 Å². The average molecular weight is 721 g/mol. The van der Waals surface area contributed by atoms with Crippen LogP contribution in [0.25, 0.3) is 0 Å². The maximum atomic E-state index is 12.9. The highest BCUT2D eigenvalue weighted by Gasteiger charge is 2.71. The van der Waals surface area contributed by atoms with E-state index in [9.17, 15) is 42.6 Å². The molecule has 6 rings (SSSR count). The lowest BCUT2D eigenvalue weighted by Crippen LogP contribution is -2.71. The molecule has 48 heavy (non-hydrogen) atoms. The van der Waals surface area contributed by atoms with Crippen LogP contribution in [0, 0.1) is 11.8 Å². The van der Waals surface area contributed by atoms with Gasteiger partial charge in [0.2, 0.25) is 11.8 Å². The van der Waals surface area contributed by atoms with Gasteiger partial charge in [0.15, 0.2) is 9.84 Å². The fourth-order valence-electron chi connectivity index (χ4n) is 6.96. The maximum absolute atomic E-state index is 12.9. The fourth-order valence-corrected chi connectivity index (χ4v) is 12.1. The SMILES string of the molecule is CC1(C)S[C@@H]2[C@H](NC(=O)C(N)c3ccccc3)C(=O)N2[C@H]1C(=O)O.C[C@]1(Cn2cc([Si](C)(C)C)nn2)[C@H](C(=O)O)C2C(=O)CC2S1(=O)=O. The lowest BCUT2D eigenvalue weighted by atomic mass is 9.70. The number of Topliss-reactive ketones (excluding diaryl/α,β-unsaturated/α-hetero) is 1. The molecule has 1 saturated carbocycles. The highest BCUT2D eigenvalue weighted by molar-refractivity contribution is 8.01. The zero-order valence-corrected chi connectivity index (χ0v) is 30.0. The van der Waals surface area contributed by atoms with Crippen LogP contribution in [0.4, 0.5) is 0 Å². The number of aromatic nitrogens is 3. The molecule has 3 aliphatic heterocycles. The van der Waals surface area contributed by atoms with Gasteiger partial charge in [-0.25, -0.2) is 13.2 Å². The second-order valence-corrected chi connectivity index (χ2v) is 23.8. The molecule has 2 aromatic rings. The third kappa shape index (κ3) is 5.75. The van der Waals surface area contributed by atoms with E-state index in [0.29, 0.717) is 5.56 Å². The molecule has 2 amide bonds. The number of amides is 2. The van der Waals surface area contributed by atoms with Crippen molar-refractivity contribution < 1.29 is 42.6 Å². The van der Waals surface area contributed by atoms with Gasteiger partial charge < -0.3 is 26.2 Å². The number of β-lactam (4-membered cyclic amide) rings is 1. The van der Waals surface area contributed by atoms with Crippen molar-refractivity contribution in [2.75, 3.05) is 0 Å². The summed E-state index contributed by atoms with van der Waals surface area (Å²) in [6.07, 6.45) is 1.62. The monoisotopic (exact) mass is 720 g/mol. The number of sulfone groups is 1. The van der Waals surface area contributed by atoms with Crippen molar-refractivity contribution >= 4 is 64.5 Å². The van der Waals surface area contributed by atoms with E-state index in [0.717, 1.165) is 5.32 Å². The Kier molecular flexibility index (Phi) is 8.97. The Balaban J connectivity index is 0.000000188. The summed E-state index contributed by atoms with van der Waals surface area (Å²) in [4.78, 5) is 61.0. The molecule has 15 nitrogen and oxygen atoms in total. The molecule has 1 aromatic carbocycles. The number of ketones is 1. The molecule has 1 aliphatic carbocycles. The predicted molar refractivity (Wildman–Crippen MR) is 177 cm³/mol. The Bertz CT molecular complexity index is 1780. The minimum absolute atomic E-state index is 0.0795. The minimum Gasteiger partial charge on any atom is -0.481 e. The number of carbonyl (C=O) groups is 5. The first-order valence-electron chi connectivity index (χ1n) is 15.4. The number of hydrogen-bond donors (Lipinski definition) is 4. The lowest BCUT2D eigenvalue weighted by Gasteiger charge is -2.43. The first-order valence-corrected chi connectivity index (χ1v) is 21.3. The van der Waals surface area contributed by atoms with E-state index in [-0.39, 0.29) is 30.0 Å². The van der Waals surface area contributed by atoms with Gasteiger partial charge in [-0.05, 0) is 26.3 Å². The molecule has 18 heteroatoms. The van der Waals surface area contributed by atoms with E-state index in [1.807, 2.05) is 6.07 Å². The van der Waals surface area contributed by atoms with Gasteiger partial charge in [-0.2, -0.15) is 0 Å². The van der Waals surface area contributed by atoms with E-state index in [1.165, 1.54) is 28.3 Å². The molecular formula is C30H40N6O9S2Si. The van der Waals surface area contributed by atoms with Crippen molar-refractivity contribution in [3.8, 4) is 0 Å². The average Bonchev–Trinajstić information content (AvgIpc) is 3.60. The zero-order chi connectivity index (χ0) is 35.7. The number of rotatable bonds is 8. The Hall–Kier alpha value is -3.61. The largest absolute Gasteiger partial charge is 0.481 e. The lowest BCUT2D eigenvalue weighted by molar-refractivity contribution is -0.161. The molecule has 4 aliphatic rings. The quantitative estimate of drug-likeness (QED) is 0.208. The van der Waals surface area contributed by atoms with E-state index in [4.69, 9.17) is 5.73 Å². The summed E-state index contributed by atoms with van der Waals surface area (Å²) in [6.45, 7) is 11.2. The molecule has 0 spiro atoms. The van der Waals surface area contributed by atoms with Crippen LogP contribution in [0.1, 0.15) is 38.8 Å². The van der Waals surface area contributed by atoms with Gasteiger partial charge in [0.1, 0.15) is 42.1 Å². The summed E-state index contributed by atoms with van der Waals surface area (Å²) < 4.78 is 25.0. The smallest absolute Gasteiger partial charge is 0.327 e. The number of nitrogens with zero attached hydrogens (tertiary/aromatic N) is 4. The van der Waals surface area contributed by atoms with Gasteiger partial charge in [0.25, 0.3) is 0 Å². The van der Waals surface area contributed by atoms with Crippen molar-refractivity contribution in [3.05, 3.63) is 42.1 Å².